The summed E-state index contributed by atoms with van der Waals surface area (Å²) in [4.78, 5) is 20.6. The van der Waals surface area contributed by atoms with Crippen LogP contribution in [0.3, 0.4) is 0 Å². The molecule has 3 aromatic heterocycles. The standard InChI is InChI=1S/C19H26N6O2/c1-5-11-25-13(8-10-22-18(26)27-19(2,3)4)14-12-7-6-9-21-17(12)23-16(20)15(14)24-25/h6-7,9H,5,8,10-11H2,1-4H3,(H,22,26)(H2,20,21,23). The van der Waals surface area contributed by atoms with Crippen molar-refractivity contribution in [2.24, 2.45) is 0 Å². The number of anilines is 1. The van der Waals surface area contributed by atoms with E-state index in [-0.39, 0.29) is 0 Å². The number of fused-ring (bicyclic) bond motifs is 3. The molecule has 0 spiro atoms. The van der Waals surface area contributed by atoms with E-state index < -0.39 is 11.7 Å². The Balaban J connectivity index is 1.95. The predicted octanol–water partition coefficient (Wildman–Crippen LogP) is 3.04. The van der Waals surface area contributed by atoms with Gasteiger partial charge in [0.05, 0.1) is 0 Å². The molecule has 3 N–H and O–H groups in total. The summed E-state index contributed by atoms with van der Waals surface area (Å²) in [6, 6.07) is 3.85. The van der Waals surface area contributed by atoms with Gasteiger partial charge < -0.3 is 15.8 Å². The van der Waals surface area contributed by atoms with Crippen molar-refractivity contribution in [3.8, 4) is 0 Å². The number of hydrogen-bond acceptors (Lipinski definition) is 6. The lowest BCUT2D eigenvalue weighted by atomic mass is 10.1. The number of aryl methyl sites for hydroxylation is 1. The molecule has 0 unspecified atom stereocenters. The fourth-order valence-electron chi connectivity index (χ4n) is 3.06. The minimum Gasteiger partial charge on any atom is -0.444 e. The Labute approximate surface area is 158 Å². The van der Waals surface area contributed by atoms with Crippen molar-refractivity contribution in [2.75, 3.05) is 12.3 Å². The van der Waals surface area contributed by atoms with Gasteiger partial charge in [-0.15, -0.1) is 0 Å². The van der Waals surface area contributed by atoms with Crippen LogP contribution < -0.4 is 11.1 Å². The second kappa shape index (κ2) is 7.38. The average molecular weight is 370 g/mol. The van der Waals surface area contributed by atoms with E-state index in [0.717, 1.165) is 29.4 Å². The van der Waals surface area contributed by atoms with Crippen LogP contribution >= 0.6 is 0 Å². The normalized spacial score (nSPS) is 11.9. The van der Waals surface area contributed by atoms with Crippen molar-refractivity contribution < 1.29 is 9.53 Å². The molecule has 0 fully saturated rings. The summed E-state index contributed by atoms with van der Waals surface area (Å²) in [5, 5.41) is 9.34. The van der Waals surface area contributed by atoms with E-state index in [1.807, 2.05) is 37.6 Å². The smallest absolute Gasteiger partial charge is 0.407 e. The summed E-state index contributed by atoms with van der Waals surface area (Å²) in [5.41, 5.74) is 7.89. The molecular formula is C19H26N6O2. The monoisotopic (exact) mass is 370 g/mol. The number of amides is 1. The SMILES string of the molecule is CCCn1nc2c(N)nc3ncccc3c2c1CCNC(=O)OC(C)(C)C. The van der Waals surface area contributed by atoms with Gasteiger partial charge in [-0.1, -0.05) is 6.92 Å². The lowest BCUT2D eigenvalue weighted by molar-refractivity contribution is 0.0528. The molecule has 0 radical (unpaired) electrons. The topological polar surface area (TPSA) is 108 Å². The average Bonchev–Trinajstić information content (AvgIpc) is 2.93. The highest BCUT2D eigenvalue weighted by Gasteiger charge is 2.19. The van der Waals surface area contributed by atoms with Gasteiger partial charge in [-0.3, -0.25) is 4.68 Å². The van der Waals surface area contributed by atoms with Crippen molar-refractivity contribution in [1.82, 2.24) is 25.1 Å². The Morgan fingerprint density at radius 1 is 1.37 bits per heavy atom. The highest BCUT2D eigenvalue weighted by Crippen LogP contribution is 2.29. The Hall–Kier alpha value is -2.90. The first-order chi connectivity index (χ1) is 12.8. The highest BCUT2D eigenvalue weighted by atomic mass is 16.6. The molecule has 0 aliphatic carbocycles. The zero-order chi connectivity index (χ0) is 19.6. The molecule has 0 aromatic carbocycles. The van der Waals surface area contributed by atoms with Crippen LogP contribution in [0.4, 0.5) is 10.6 Å². The van der Waals surface area contributed by atoms with Gasteiger partial charge in [0, 0.05) is 42.2 Å². The molecule has 0 saturated heterocycles. The maximum Gasteiger partial charge on any atom is 0.407 e. The Morgan fingerprint density at radius 3 is 2.85 bits per heavy atom. The molecule has 8 heteroatoms. The van der Waals surface area contributed by atoms with E-state index >= 15 is 0 Å². The first-order valence-electron chi connectivity index (χ1n) is 9.16. The van der Waals surface area contributed by atoms with Gasteiger partial charge in [-0.2, -0.15) is 5.10 Å². The molecule has 0 bridgehead atoms. The number of carbonyl (C=O) groups is 1. The number of aromatic nitrogens is 4. The number of hydrogen-bond donors (Lipinski definition) is 2. The number of nitrogens with one attached hydrogen (secondary N) is 1. The molecule has 144 valence electrons. The molecule has 0 saturated carbocycles. The summed E-state index contributed by atoms with van der Waals surface area (Å²) < 4.78 is 7.25. The zero-order valence-electron chi connectivity index (χ0n) is 16.2. The maximum absolute atomic E-state index is 11.9. The number of nitrogens with two attached hydrogens (primary N) is 1. The van der Waals surface area contributed by atoms with Gasteiger partial charge in [0.15, 0.2) is 11.5 Å². The lowest BCUT2D eigenvalue weighted by Gasteiger charge is -2.19. The quantitative estimate of drug-likeness (QED) is 0.715. The first kappa shape index (κ1) is 18.9. The van der Waals surface area contributed by atoms with E-state index in [4.69, 9.17) is 10.5 Å². The van der Waals surface area contributed by atoms with Gasteiger partial charge in [0.1, 0.15) is 11.1 Å². The summed E-state index contributed by atoms with van der Waals surface area (Å²) in [7, 11) is 0. The number of rotatable bonds is 5. The molecule has 3 heterocycles. The number of carbonyl (C=O) groups excluding carboxylic acids is 1. The van der Waals surface area contributed by atoms with E-state index in [0.29, 0.717) is 29.9 Å². The van der Waals surface area contributed by atoms with E-state index in [2.05, 4.69) is 27.3 Å². The molecule has 0 aliphatic rings. The van der Waals surface area contributed by atoms with Gasteiger partial charge in [0.25, 0.3) is 0 Å². The lowest BCUT2D eigenvalue weighted by Crippen LogP contribution is -2.33. The largest absolute Gasteiger partial charge is 0.444 e. The number of ether oxygens (including phenoxy) is 1. The third-order valence-electron chi connectivity index (χ3n) is 4.05. The molecule has 1 amide bonds. The van der Waals surface area contributed by atoms with Gasteiger partial charge >= 0.3 is 6.09 Å². The Kier molecular flexibility index (Phi) is 5.16. The van der Waals surface area contributed by atoms with Crippen molar-refractivity contribution in [3.05, 3.63) is 24.0 Å². The third kappa shape index (κ3) is 4.10. The Bertz CT molecular complexity index is 974. The second-order valence-electron chi connectivity index (χ2n) is 7.44. The van der Waals surface area contributed by atoms with Crippen molar-refractivity contribution in [3.63, 3.8) is 0 Å². The van der Waals surface area contributed by atoms with Crippen molar-refractivity contribution in [2.45, 2.75) is 52.7 Å². The van der Waals surface area contributed by atoms with Crippen molar-refractivity contribution in [1.29, 1.82) is 0 Å². The number of pyridine rings is 2. The van der Waals surface area contributed by atoms with E-state index in [9.17, 15) is 4.79 Å². The first-order valence-corrected chi connectivity index (χ1v) is 9.16. The molecular weight excluding hydrogens is 344 g/mol. The molecule has 3 rings (SSSR count). The van der Waals surface area contributed by atoms with Crippen LogP contribution in [0.2, 0.25) is 0 Å². The number of nitrogen functional groups attached to an aromatic ring is 1. The molecule has 8 nitrogen and oxygen atoms in total. The fraction of sp³-hybridized carbons (Fsp3) is 0.474. The van der Waals surface area contributed by atoms with E-state index in [1.165, 1.54) is 0 Å². The van der Waals surface area contributed by atoms with Crippen molar-refractivity contribution >= 4 is 33.8 Å². The van der Waals surface area contributed by atoms with Crippen LogP contribution in [0.15, 0.2) is 18.3 Å². The minimum atomic E-state index is -0.525. The van der Waals surface area contributed by atoms with Crippen LogP contribution in [0.5, 0.6) is 0 Å². The minimum absolute atomic E-state index is 0.368. The molecule has 27 heavy (non-hydrogen) atoms. The van der Waals surface area contributed by atoms with Crippen LogP contribution in [-0.4, -0.2) is 38.0 Å². The second-order valence-corrected chi connectivity index (χ2v) is 7.44. The predicted molar refractivity (Wildman–Crippen MR) is 105 cm³/mol. The zero-order valence-corrected chi connectivity index (χ0v) is 16.2. The van der Waals surface area contributed by atoms with Gasteiger partial charge in [-0.05, 0) is 39.3 Å². The van der Waals surface area contributed by atoms with Crippen LogP contribution in [-0.2, 0) is 17.7 Å². The van der Waals surface area contributed by atoms with Crippen LogP contribution in [0.25, 0.3) is 21.9 Å². The van der Waals surface area contributed by atoms with Crippen LogP contribution in [0, 0.1) is 0 Å². The summed E-state index contributed by atoms with van der Waals surface area (Å²) in [5.74, 6) is 0.368. The highest BCUT2D eigenvalue weighted by molar-refractivity contribution is 6.08. The van der Waals surface area contributed by atoms with Crippen LogP contribution in [0.1, 0.15) is 39.8 Å². The molecule has 0 aliphatic heterocycles. The third-order valence-corrected chi connectivity index (χ3v) is 4.05. The Morgan fingerprint density at radius 2 is 2.15 bits per heavy atom. The van der Waals surface area contributed by atoms with Gasteiger partial charge in [0.2, 0.25) is 0 Å². The summed E-state index contributed by atoms with van der Waals surface area (Å²) in [6.45, 7) is 8.80. The summed E-state index contributed by atoms with van der Waals surface area (Å²) >= 11 is 0. The molecule has 3 aromatic rings. The number of nitrogens with zero attached hydrogens (tertiary/aromatic N) is 4. The fourth-order valence-corrected chi connectivity index (χ4v) is 3.06. The van der Waals surface area contributed by atoms with Gasteiger partial charge in [-0.25, -0.2) is 14.8 Å². The maximum atomic E-state index is 11.9. The number of alkyl carbamates (subject to hydrolysis) is 1. The molecule has 0 atom stereocenters. The summed E-state index contributed by atoms with van der Waals surface area (Å²) in [6.07, 6.45) is 2.80. The van der Waals surface area contributed by atoms with E-state index in [1.54, 1.807) is 6.20 Å².